The zero-order valence-electron chi connectivity index (χ0n) is 16.1. The molecule has 5 nitrogen and oxygen atoms in total. The lowest BCUT2D eigenvalue weighted by Crippen LogP contribution is -2.23. The van der Waals surface area contributed by atoms with Gasteiger partial charge in [0.2, 0.25) is 11.8 Å². The summed E-state index contributed by atoms with van der Waals surface area (Å²) in [5.74, 6) is 1.76. The van der Waals surface area contributed by atoms with E-state index < -0.39 is 0 Å². The van der Waals surface area contributed by atoms with Gasteiger partial charge < -0.3 is 14.2 Å². The summed E-state index contributed by atoms with van der Waals surface area (Å²) in [5, 5.41) is 0. The molecule has 3 rings (SSSR count). The summed E-state index contributed by atoms with van der Waals surface area (Å²) in [7, 11) is 3.32. The van der Waals surface area contributed by atoms with Gasteiger partial charge in [0.25, 0.3) is 0 Å². The first-order valence-corrected chi connectivity index (χ1v) is 8.77. The average Bonchev–Trinajstić information content (AvgIpc) is 2.69. The second-order valence-electron chi connectivity index (χ2n) is 6.86. The first-order chi connectivity index (χ1) is 13.0. The van der Waals surface area contributed by atoms with Crippen LogP contribution in [0.2, 0.25) is 0 Å². The maximum absolute atomic E-state index is 6.07. The van der Waals surface area contributed by atoms with E-state index in [1.807, 2.05) is 36.4 Å². The number of hydrogen-bond donors (Lipinski definition) is 0. The van der Waals surface area contributed by atoms with Crippen molar-refractivity contribution in [1.82, 2.24) is 9.97 Å². The number of methoxy groups -OCH3 is 2. The van der Waals surface area contributed by atoms with Crippen LogP contribution in [0.5, 0.6) is 17.5 Å². The minimum atomic E-state index is -0.0630. The second kappa shape index (κ2) is 8.18. The van der Waals surface area contributed by atoms with Gasteiger partial charge in [-0.1, -0.05) is 26.0 Å². The predicted molar refractivity (Wildman–Crippen MR) is 105 cm³/mol. The minimum Gasteiger partial charge on any atom is -0.481 e. The van der Waals surface area contributed by atoms with Gasteiger partial charge in [0, 0.05) is 36.0 Å². The van der Waals surface area contributed by atoms with E-state index in [0.717, 1.165) is 16.9 Å². The number of hydrogen-bond acceptors (Lipinski definition) is 5. The van der Waals surface area contributed by atoms with Crippen molar-refractivity contribution in [2.24, 2.45) is 0 Å². The topological polar surface area (TPSA) is 53.5 Å². The average molecular weight is 364 g/mol. The third kappa shape index (κ3) is 4.26. The molecule has 1 aromatic carbocycles. The standard InChI is InChI=1S/C22H24N2O3/c1-22(2,15-25-3)16-9-11-17(12-10-16)27-21-19(8-6-14-24-21)18-7-5-13-23-20(18)26-4/h5-14H,15H2,1-4H3. The quantitative estimate of drug-likeness (QED) is 0.599. The third-order valence-electron chi connectivity index (χ3n) is 4.38. The second-order valence-corrected chi connectivity index (χ2v) is 6.86. The molecule has 27 heavy (non-hydrogen) atoms. The fourth-order valence-electron chi connectivity index (χ4n) is 2.97. The molecule has 0 amide bonds. The SMILES string of the molecule is COCC(C)(C)c1ccc(Oc2ncccc2-c2cccnc2OC)cc1. The van der Waals surface area contributed by atoms with E-state index in [0.29, 0.717) is 18.4 Å². The fourth-order valence-corrected chi connectivity index (χ4v) is 2.97. The molecule has 0 radical (unpaired) electrons. The lowest BCUT2D eigenvalue weighted by molar-refractivity contribution is 0.146. The highest BCUT2D eigenvalue weighted by atomic mass is 16.5. The highest BCUT2D eigenvalue weighted by Gasteiger charge is 2.20. The molecular weight excluding hydrogens is 340 g/mol. The van der Waals surface area contributed by atoms with E-state index in [-0.39, 0.29) is 5.41 Å². The van der Waals surface area contributed by atoms with E-state index in [1.54, 1.807) is 26.6 Å². The largest absolute Gasteiger partial charge is 0.481 e. The molecule has 0 aliphatic carbocycles. The van der Waals surface area contributed by atoms with Crippen LogP contribution in [-0.2, 0) is 10.2 Å². The van der Waals surface area contributed by atoms with Crippen LogP contribution in [0.1, 0.15) is 19.4 Å². The number of rotatable bonds is 7. The Hall–Kier alpha value is -2.92. The van der Waals surface area contributed by atoms with E-state index in [2.05, 4.69) is 35.9 Å². The molecule has 0 aliphatic rings. The molecule has 2 heterocycles. The number of nitrogens with zero attached hydrogens (tertiary/aromatic N) is 2. The summed E-state index contributed by atoms with van der Waals surface area (Å²) in [6, 6.07) is 15.6. The Morgan fingerprint density at radius 1 is 0.815 bits per heavy atom. The van der Waals surface area contributed by atoms with Crippen LogP contribution in [-0.4, -0.2) is 30.8 Å². The first kappa shape index (κ1) is 18.9. The van der Waals surface area contributed by atoms with Crippen molar-refractivity contribution in [2.45, 2.75) is 19.3 Å². The lowest BCUT2D eigenvalue weighted by atomic mass is 9.85. The molecule has 0 aliphatic heterocycles. The van der Waals surface area contributed by atoms with Gasteiger partial charge in [-0.25, -0.2) is 9.97 Å². The summed E-state index contributed by atoms with van der Waals surface area (Å²) in [5.41, 5.74) is 2.78. The van der Waals surface area contributed by atoms with Crippen molar-refractivity contribution in [1.29, 1.82) is 0 Å². The number of pyridine rings is 2. The molecule has 0 atom stereocenters. The van der Waals surface area contributed by atoms with Crippen LogP contribution in [0.15, 0.2) is 60.9 Å². The third-order valence-corrected chi connectivity index (χ3v) is 4.38. The Morgan fingerprint density at radius 3 is 2.00 bits per heavy atom. The maximum atomic E-state index is 6.07. The fraction of sp³-hybridized carbons (Fsp3) is 0.273. The Morgan fingerprint density at radius 2 is 1.41 bits per heavy atom. The molecule has 0 bridgehead atoms. The van der Waals surface area contributed by atoms with Gasteiger partial charge in [-0.2, -0.15) is 0 Å². The van der Waals surface area contributed by atoms with Gasteiger partial charge in [0.15, 0.2) is 0 Å². The molecule has 140 valence electrons. The zero-order chi connectivity index (χ0) is 19.3. The van der Waals surface area contributed by atoms with E-state index >= 15 is 0 Å². The highest BCUT2D eigenvalue weighted by molar-refractivity contribution is 5.73. The monoisotopic (exact) mass is 364 g/mol. The van der Waals surface area contributed by atoms with Gasteiger partial charge in [-0.05, 0) is 42.0 Å². The van der Waals surface area contributed by atoms with E-state index in [1.165, 1.54) is 5.56 Å². The highest BCUT2D eigenvalue weighted by Crippen LogP contribution is 2.36. The summed E-state index contributed by atoms with van der Waals surface area (Å²) in [6.45, 7) is 4.95. The van der Waals surface area contributed by atoms with Crippen molar-refractivity contribution in [3.8, 4) is 28.6 Å². The molecule has 0 unspecified atom stereocenters. The smallest absolute Gasteiger partial charge is 0.227 e. The molecule has 5 heteroatoms. The van der Waals surface area contributed by atoms with Crippen LogP contribution < -0.4 is 9.47 Å². The molecule has 3 aromatic rings. The van der Waals surface area contributed by atoms with Gasteiger partial charge >= 0.3 is 0 Å². The zero-order valence-corrected chi connectivity index (χ0v) is 16.1. The van der Waals surface area contributed by atoms with Crippen molar-refractivity contribution in [3.05, 3.63) is 66.5 Å². The van der Waals surface area contributed by atoms with Crippen LogP contribution in [0.25, 0.3) is 11.1 Å². The summed E-state index contributed by atoms with van der Waals surface area (Å²) >= 11 is 0. The van der Waals surface area contributed by atoms with Crippen molar-refractivity contribution in [2.75, 3.05) is 20.8 Å². The molecule has 0 saturated carbocycles. The van der Waals surface area contributed by atoms with Crippen LogP contribution in [0.3, 0.4) is 0 Å². The van der Waals surface area contributed by atoms with Gasteiger partial charge in [-0.15, -0.1) is 0 Å². The van der Waals surface area contributed by atoms with Crippen LogP contribution >= 0.6 is 0 Å². The van der Waals surface area contributed by atoms with Gasteiger partial charge in [-0.3, -0.25) is 0 Å². The molecule has 0 N–H and O–H groups in total. The Balaban J connectivity index is 1.89. The predicted octanol–water partition coefficient (Wildman–Crippen LogP) is 4.87. The number of benzene rings is 1. The molecule has 2 aromatic heterocycles. The number of aromatic nitrogens is 2. The summed E-state index contributed by atoms with van der Waals surface area (Å²) in [6.07, 6.45) is 3.40. The number of ether oxygens (including phenoxy) is 3. The van der Waals surface area contributed by atoms with Crippen molar-refractivity contribution >= 4 is 0 Å². The van der Waals surface area contributed by atoms with E-state index in [4.69, 9.17) is 14.2 Å². The molecular formula is C22H24N2O3. The first-order valence-electron chi connectivity index (χ1n) is 8.77. The molecule has 0 saturated heterocycles. The summed E-state index contributed by atoms with van der Waals surface area (Å²) in [4.78, 5) is 8.66. The Labute approximate surface area is 160 Å². The van der Waals surface area contributed by atoms with Crippen molar-refractivity contribution < 1.29 is 14.2 Å². The van der Waals surface area contributed by atoms with Crippen LogP contribution in [0, 0.1) is 0 Å². The minimum absolute atomic E-state index is 0.0630. The molecule has 0 fully saturated rings. The van der Waals surface area contributed by atoms with Gasteiger partial charge in [0.1, 0.15) is 5.75 Å². The summed E-state index contributed by atoms with van der Waals surface area (Å²) < 4.78 is 16.8. The lowest BCUT2D eigenvalue weighted by Gasteiger charge is -2.24. The van der Waals surface area contributed by atoms with Gasteiger partial charge in [0.05, 0.1) is 13.7 Å². The van der Waals surface area contributed by atoms with Crippen LogP contribution in [0.4, 0.5) is 0 Å². The van der Waals surface area contributed by atoms with E-state index in [9.17, 15) is 0 Å². The molecule has 0 spiro atoms. The Bertz CT molecular complexity index is 892. The normalized spacial score (nSPS) is 11.3. The Kier molecular flexibility index (Phi) is 5.72. The maximum Gasteiger partial charge on any atom is 0.227 e. The van der Waals surface area contributed by atoms with Crippen molar-refractivity contribution in [3.63, 3.8) is 0 Å².